The first-order valence-electron chi connectivity index (χ1n) is 5.59. The molecule has 0 spiro atoms. The predicted octanol–water partition coefficient (Wildman–Crippen LogP) is 1.61. The van der Waals surface area contributed by atoms with E-state index in [9.17, 15) is 9.59 Å². The Morgan fingerprint density at radius 1 is 1.44 bits per heavy atom. The molecule has 96 valence electrons. The Balaban J connectivity index is 2.28. The normalized spacial score (nSPS) is 18.9. The first-order chi connectivity index (χ1) is 8.50. The van der Waals surface area contributed by atoms with Gasteiger partial charge in [-0.3, -0.25) is 4.79 Å². The Labute approximate surface area is 109 Å². The molecule has 1 aromatic rings. The van der Waals surface area contributed by atoms with E-state index in [1.165, 1.54) is 17.0 Å². The van der Waals surface area contributed by atoms with Crippen LogP contribution >= 0.6 is 11.6 Å². The minimum Gasteiger partial charge on any atom is -0.480 e. The molecule has 2 rings (SSSR count). The van der Waals surface area contributed by atoms with E-state index in [2.05, 4.69) is 0 Å². The van der Waals surface area contributed by atoms with Gasteiger partial charge < -0.3 is 15.7 Å². The number of carbonyl (C=O) groups is 2. The summed E-state index contributed by atoms with van der Waals surface area (Å²) in [4.78, 5) is 24.6. The lowest BCUT2D eigenvalue weighted by atomic mass is 10.1. The van der Waals surface area contributed by atoms with Crippen molar-refractivity contribution in [3.63, 3.8) is 0 Å². The van der Waals surface area contributed by atoms with Crippen molar-refractivity contribution < 1.29 is 14.7 Å². The van der Waals surface area contributed by atoms with Crippen LogP contribution in [0.15, 0.2) is 18.2 Å². The van der Waals surface area contributed by atoms with Gasteiger partial charge in [-0.2, -0.15) is 0 Å². The average Bonchev–Trinajstić information content (AvgIpc) is 2.77. The predicted molar refractivity (Wildman–Crippen MR) is 67.6 cm³/mol. The van der Waals surface area contributed by atoms with Crippen LogP contribution in [-0.4, -0.2) is 34.5 Å². The molecule has 0 unspecified atom stereocenters. The molecule has 0 radical (unpaired) electrons. The zero-order chi connectivity index (χ0) is 13.3. The van der Waals surface area contributed by atoms with Crippen molar-refractivity contribution in [1.82, 2.24) is 4.90 Å². The van der Waals surface area contributed by atoms with Crippen LogP contribution in [0.5, 0.6) is 0 Å². The van der Waals surface area contributed by atoms with Crippen molar-refractivity contribution in [3.8, 4) is 0 Å². The molecule has 0 bridgehead atoms. The quantitative estimate of drug-likeness (QED) is 0.798. The van der Waals surface area contributed by atoms with Crippen molar-refractivity contribution in [2.24, 2.45) is 0 Å². The molecular formula is C12H13ClN2O3. The van der Waals surface area contributed by atoms with Crippen molar-refractivity contribution in [2.75, 3.05) is 12.3 Å². The molecule has 0 aliphatic carbocycles. The van der Waals surface area contributed by atoms with E-state index >= 15 is 0 Å². The summed E-state index contributed by atoms with van der Waals surface area (Å²) in [7, 11) is 0. The van der Waals surface area contributed by atoms with Crippen LogP contribution < -0.4 is 5.73 Å². The lowest BCUT2D eigenvalue weighted by Gasteiger charge is -2.22. The first kappa shape index (κ1) is 12.7. The molecule has 0 aromatic heterocycles. The van der Waals surface area contributed by atoms with Crippen molar-refractivity contribution in [3.05, 3.63) is 28.8 Å². The second-order valence-corrected chi connectivity index (χ2v) is 4.64. The minimum atomic E-state index is -0.979. The van der Waals surface area contributed by atoms with E-state index in [-0.39, 0.29) is 10.9 Å². The molecule has 1 fully saturated rings. The molecule has 1 aliphatic rings. The van der Waals surface area contributed by atoms with E-state index < -0.39 is 12.0 Å². The fourth-order valence-corrected chi connectivity index (χ4v) is 2.40. The fourth-order valence-electron chi connectivity index (χ4n) is 2.13. The summed E-state index contributed by atoms with van der Waals surface area (Å²) < 4.78 is 0. The molecule has 6 heteroatoms. The molecule has 1 amide bonds. The molecular weight excluding hydrogens is 256 g/mol. The Hall–Kier alpha value is -1.75. The van der Waals surface area contributed by atoms with E-state index in [0.29, 0.717) is 30.6 Å². The number of likely N-dealkylation sites (tertiary alicyclic amines) is 1. The lowest BCUT2D eigenvalue weighted by Crippen LogP contribution is -2.40. The van der Waals surface area contributed by atoms with E-state index in [1.807, 2.05) is 0 Å². The first-order valence-corrected chi connectivity index (χ1v) is 5.97. The number of rotatable bonds is 2. The number of halogens is 1. The Morgan fingerprint density at radius 2 is 2.17 bits per heavy atom. The van der Waals surface area contributed by atoms with Crippen molar-refractivity contribution >= 4 is 29.2 Å². The lowest BCUT2D eigenvalue weighted by molar-refractivity contribution is -0.141. The highest BCUT2D eigenvalue weighted by molar-refractivity contribution is 6.34. The molecule has 1 heterocycles. The van der Waals surface area contributed by atoms with Crippen LogP contribution in [0.4, 0.5) is 5.69 Å². The minimum absolute atomic E-state index is 0.246. The zero-order valence-electron chi connectivity index (χ0n) is 9.60. The number of amides is 1. The van der Waals surface area contributed by atoms with Gasteiger partial charge in [0.15, 0.2) is 0 Å². The van der Waals surface area contributed by atoms with E-state index in [0.717, 1.165) is 0 Å². The zero-order valence-corrected chi connectivity index (χ0v) is 10.4. The summed E-state index contributed by atoms with van der Waals surface area (Å²) in [5.41, 5.74) is 6.31. The Kier molecular flexibility index (Phi) is 3.43. The van der Waals surface area contributed by atoms with E-state index in [1.54, 1.807) is 6.07 Å². The van der Waals surface area contributed by atoms with Gasteiger partial charge in [0, 0.05) is 12.2 Å². The average molecular weight is 269 g/mol. The summed E-state index contributed by atoms with van der Waals surface area (Å²) in [6, 6.07) is 3.83. The smallest absolute Gasteiger partial charge is 0.326 e. The number of hydrogen-bond acceptors (Lipinski definition) is 3. The molecule has 1 aromatic carbocycles. The highest BCUT2D eigenvalue weighted by Gasteiger charge is 2.34. The molecule has 1 aliphatic heterocycles. The second-order valence-electron chi connectivity index (χ2n) is 4.23. The van der Waals surface area contributed by atoms with Crippen LogP contribution in [0.3, 0.4) is 0 Å². The van der Waals surface area contributed by atoms with Crippen molar-refractivity contribution in [1.29, 1.82) is 0 Å². The van der Waals surface area contributed by atoms with Crippen molar-refractivity contribution in [2.45, 2.75) is 18.9 Å². The molecule has 5 nitrogen and oxygen atoms in total. The number of hydrogen-bond donors (Lipinski definition) is 2. The molecule has 1 saturated heterocycles. The maximum absolute atomic E-state index is 12.2. The third-order valence-corrected chi connectivity index (χ3v) is 3.33. The number of aliphatic carboxylic acids is 1. The van der Waals surface area contributed by atoms with Gasteiger partial charge >= 0.3 is 5.97 Å². The topological polar surface area (TPSA) is 83.6 Å². The third-order valence-electron chi connectivity index (χ3n) is 3.02. The van der Waals surface area contributed by atoms with Gasteiger partial charge in [-0.05, 0) is 31.0 Å². The summed E-state index contributed by atoms with van der Waals surface area (Å²) in [6.45, 7) is 0.441. The third kappa shape index (κ3) is 2.26. The number of benzene rings is 1. The number of nitrogens with two attached hydrogens (primary N) is 1. The summed E-state index contributed by atoms with van der Waals surface area (Å²) in [6.07, 6.45) is 1.17. The van der Waals surface area contributed by atoms with E-state index in [4.69, 9.17) is 22.4 Å². The summed E-state index contributed by atoms with van der Waals surface area (Å²) in [5.74, 6) is -1.34. The second kappa shape index (κ2) is 4.86. The maximum Gasteiger partial charge on any atom is 0.326 e. The number of carboxylic acids is 1. The summed E-state index contributed by atoms with van der Waals surface area (Å²) in [5, 5.41) is 9.29. The number of carboxylic acid groups (broad SMARTS) is 1. The van der Waals surface area contributed by atoms with Gasteiger partial charge in [0.1, 0.15) is 6.04 Å². The van der Waals surface area contributed by atoms with Crippen LogP contribution in [0.1, 0.15) is 23.2 Å². The van der Waals surface area contributed by atoms with Gasteiger partial charge in [0.2, 0.25) is 0 Å². The fraction of sp³-hybridized carbons (Fsp3) is 0.333. The van der Waals surface area contributed by atoms with Crippen LogP contribution in [0.25, 0.3) is 0 Å². The van der Waals surface area contributed by atoms with Gasteiger partial charge in [0.25, 0.3) is 5.91 Å². The SMILES string of the molecule is Nc1ccc(C(=O)N2CCC[C@H]2C(=O)O)c(Cl)c1. The molecule has 1 atom stereocenters. The Bertz CT molecular complexity index is 504. The molecule has 0 saturated carbocycles. The number of nitrogens with zero attached hydrogens (tertiary/aromatic N) is 1. The Morgan fingerprint density at radius 3 is 2.78 bits per heavy atom. The van der Waals surface area contributed by atoms with Gasteiger partial charge in [0.05, 0.1) is 10.6 Å². The van der Waals surface area contributed by atoms with Crippen LogP contribution in [0.2, 0.25) is 5.02 Å². The number of anilines is 1. The summed E-state index contributed by atoms with van der Waals surface area (Å²) >= 11 is 5.96. The number of carbonyl (C=O) groups excluding carboxylic acids is 1. The largest absolute Gasteiger partial charge is 0.480 e. The highest BCUT2D eigenvalue weighted by Crippen LogP contribution is 2.25. The van der Waals surface area contributed by atoms with Gasteiger partial charge in [-0.15, -0.1) is 0 Å². The van der Waals surface area contributed by atoms with Crippen LogP contribution in [-0.2, 0) is 4.79 Å². The maximum atomic E-state index is 12.2. The van der Waals surface area contributed by atoms with Crippen LogP contribution in [0, 0.1) is 0 Å². The monoisotopic (exact) mass is 268 g/mol. The van der Waals surface area contributed by atoms with Gasteiger partial charge in [-0.25, -0.2) is 4.79 Å². The number of nitrogen functional groups attached to an aromatic ring is 1. The van der Waals surface area contributed by atoms with Gasteiger partial charge in [-0.1, -0.05) is 11.6 Å². The molecule has 18 heavy (non-hydrogen) atoms. The molecule has 3 N–H and O–H groups in total. The standard InChI is InChI=1S/C12H13ClN2O3/c13-9-6-7(14)3-4-8(9)11(16)15-5-1-2-10(15)12(17)18/h3-4,6,10H,1-2,5,14H2,(H,17,18)/t10-/m0/s1. The highest BCUT2D eigenvalue weighted by atomic mass is 35.5.